The summed E-state index contributed by atoms with van der Waals surface area (Å²) in [6, 6.07) is 0. The number of carboxylic acid groups (broad SMARTS) is 1. The number of aromatic carboxylic acids is 1. The molecule has 4 heteroatoms. The Balaban J connectivity index is 1.72. The summed E-state index contributed by atoms with van der Waals surface area (Å²) >= 11 is 1.42. The van der Waals surface area contributed by atoms with Gasteiger partial charge in [0.2, 0.25) is 5.01 Å². The Bertz CT molecular complexity index is 472. The second-order valence-electron chi connectivity index (χ2n) is 6.53. The number of hydrogen-bond donors (Lipinski definition) is 1. The van der Waals surface area contributed by atoms with Gasteiger partial charge < -0.3 is 5.11 Å². The van der Waals surface area contributed by atoms with Crippen LogP contribution in [0.15, 0.2) is 6.20 Å². The topological polar surface area (TPSA) is 50.2 Å². The fourth-order valence-corrected chi connectivity index (χ4v) is 6.00. The van der Waals surface area contributed by atoms with Gasteiger partial charge in [0.15, 0.2) is 0 Å². The molecule has 1 aromatic heterocycles. The lowest BCUT2D eigenvalue weighted by molar-refractivity contribution is -0.00356. The van der Waals surface area contributed by atoms with Crippen LogP contribution in [0, 0.1) is 17.8 Å². The molecule has 0 atom stereocenters. The van der Waals surface area contributed by atoms with Crippen molar-refractivity contribution in [2.75, 3.05) is 0 Å². The molecule has 0 saturated heterocycles. The van der Waals surface area contributed by atoms with Crippen LogP contribution in [0.1, 0.15) is 53.2 Å². The maximum Gasteiger partial charge on any atom is 0.365 e. The van der Waals surface area contributed by atoms with Crippen molar-refractivity contribution in [3.63, 3.8) is 0 Å². The minimum atomic E-state index is -0.879. The highest BCUT2D eigenvalue weighted by Gasteiger charge is 2.52. The minimum absolute atomic E-state index is 0.265. The van der Waals surface area contributed by atoms with Gasteiger partial charge in [0.25, 0.3) is 0 Å². The van der Waals surface area contributed by atoms with Gasteiger partial charge in [-0.3, -0.25) is 0 Å². The zero-order valence-corrected chi connectivity index (χ0v) is 11.1. The molecule has 0 radical (unpaired) electrons. The monoisotopic (exact) mass is 263 g/mol. The van der Waals surface area contributed by atoms with Crippen LogP contribution in [0.4, 0.5) is 0 Å². The largest absolute Gasteiger partial charge is 0.476 e. The van der Waals surface area contributed by atoms with Gasteiger partial charge in [-0.15, -0.1) is 11.3 Å². The average Bonchev–Trinajstić information content (AvgIpc) is 2.76. The van der Waals surface area contributed by atoms with Gasteiger partial charge in [-0.2, -0.15) is 0 Å². The molecule has 1 aromatic rings. The van der Waals surface area contributed by atoms with Crippen LogP contribution in [0.5, 0.6) is 0 Å². The molecule has 0 spiro atoms. The van der Waals surface area contributed by atoms with E-state index in [9.17, 15) is 4.79 Å². The van der Waals surface area contributed by atoms with Gasteiger partial charge in [-0.1, -0.05) is 0 Å². The molecule has 3 nitrogen and oxygen atoms in total. The van der Waals surface area contributed by atoms with Crippen LogP contribution in [-0.4, -0.2) is 16.1 Å². The molecule has 0 amide bonds. The van der Waals surface area contributed by atoms with E-state index in [0.29, 0.717) is 5.41 Å². The molecule has 18 heavy (non-hydrogen) atoms. The van der Waals surface area contributed by atoms with Crippen molar-refractivity contribution in [3.8, 4) is 0 Å². The van der Waals surface area contributed by atoms with Gasteiger partial charge in [-0.25, -0.2) is 9.78 Å². The van der Waals surface area contributed by atoms with E-state index in [4.69, 9.17) is 5.11 Å². The molecular weight excluding hydrogens is 246 g/mol. The lowest BCUT2D eigenvalue weighted by atomic mass is 9.49. The number of aromatic nitrogens is 1. The van der Waals surface area contributed by atoms with Crippen LogP contribution in [0.25, 0.3) is 0 Å². The Kier molecular flexibility index (Phi) is 2.17. The molecule has 4 bridgehead atoms. The standard InChI is InChI=1S/C14H17NO2S/c16-13(17)12-15-7-11(18-12)14-4-8-1-9(5-14)3-10(2-8)6-14/h7-10H,1-6H2,(H,16,17). The third kappa shape index (κ3) is 1.48. The zero-order chi connectivity index (χ0) is 12.3. The van der Waals surface area contributed by atoms with Gasteiger partial charge in [0, 0.05) is 16.5 Å². The number of carbonyl (C=O) groups is 1. The maximum atomic E-state index is 11.0. The van der Waals surface area contributed by atoms with E-state index in [1.54, 1.807) is 0 Å². The molecular formula is C14H17NO2S. The van der Waals surface area contributed by atoms with Crippen molar-refractivity contribution >= 4 is 17.3 Å². The molecule has 1 heterocycles. The summed E-state index contributed by atoms with van der Waals surface area (Å²) < 4.78 is 0. The number of carboxylic acids is 1. The van der Waals surface area contributed by atoms with E-state index in [2.05, 4.69) is 4.98 Å². The van der Waals surface area contributed by atoms with Crippen molar-refractivity contribution in [1.29, 1.82) is 0 Å². The van der Waals surface area contributed by atoms with E-state index < -0.39 is 5.97 Å². The summed E-state index contributed by atoms with van der Waals surface area (Å²) in [7, 11) is 0. The van der Waals surface area contributed by atoms with Gasteiger partial charge in [0.1, 0.15) is 0 Å². The molecule has 0 aliphatic heterocycles. The van der Waals surface area contributed by atoms with Crippen molar-refractivity contribution < 1.29 is 9.90 Å². The molecule has 4 fully saturated rings. The lowest BCUT2D eigenvalue weighted by Crippen LogP contribution is -2.48. The van der Waals surface area contributed by atoms with Gasteiger partial charge in [0.05, 0.1) is 0 Å². The van der Waals surface area contributed by atoms with E-state index >= 15 is 0 Å². The Morgan fingerprint density at radius 2 is 1.78 bits per heavy atom. The SMILES string of the molecule is O=C(O)c1ncc(C23CC4CC(CC(C4)C2)C3)s1. The minimum Gasteiger partial charge on any atom is -0.476 e. The maximum absolute atomic E-state index is 11.0. The Hall–Kier alpha value is -0.900. The van der Waals surface area contributed by atoms with Crippen molar-refractivity contribution in [2.24, 2.45) is 17.8 Å². The Morgan fingerprint density at radius 3 is 2.22 bits per heavy atom. The first-order chi connectivity index (χ1) is 8.64. The third-order valence-electron chi connectivity index (χ3n) is 5.25. The van der Waals surface area contributed by atoms with E-state index in [1.165, 1.54) is 54.7 Å². The first-order valence-corrected chi connectivity index (χ1v) is 7.66. The van der Waals surface area contributed by atoms with E-state index in [1.807, 2.05) is 6.20 Å². The summed E-state index contributed by atoms with van der Waals surface area (Å²) in [5.41, 5.74) is 0.292. The zero-order valence-electron chi connectivity index (χ0n) is 10.3. The first-order valence-electron chi connectivity index (χ1n) is 6.84. The average molecular weight is 263 g/mol. The predicted octanol–water partition coefficient (Wildman–Crippen LogP) is 3.31. The fraction of sp³-hybridized carbons (Fsp3) is 0.714. The van der Waals surface area contributed by atoms with Crippen molar-refractivity contribution in [2.45, 2.75) is 43.9 Å². The molecule has 96 valence electrons. The van der Waals surface area contributed by atoms with Crippen LogP contribution in [-0.2, 0) is 5.41 Å². The second-order valence-corrected chi connectivity index (χ2v) is 7.56. The summed E-state index contributed by atoms with van der Waals surface area (Å²) in [4.78, 5) is 16.3. The number of thiazole rings is 1. The number of hydrogen-bond acceptors (Lipinski definition) is 3. The molecule has 4 saturated carbocycles. The highest BCUT2D eigenvalue weighted by Crippen LogP contribution is 2.61. The highest BCUT2D eigenvalue weighted by molar-refractivity contribution is 7.13. The summed E-state index contributed by atoms with van der Waals surface area (Å²) in [6.07, 6.45) is 9.94. The Labute approximate surface area is 110 Å². The highest BCUT2D eigenvalue weighted by atomic mass is 32.1. The molecule has 4 aliphatic carbocycles. The lowest BCUT2D eigenvalue weighted by Gasteiger charge is -2.56. The fourth-order valence-electron chi connectivity index (χ4n) is 5.03. The molecule has 4 aliphatic rings. The number of nitrogens with zero attached hydrogens (tertiary/aromatic N) is 1. The summed E-state index contributed by atoms with van der Waals surface area (Å²) in [5, 5.41) is 9.29. The first kappa shape index (κ1) is 11.0. The molecule has 0 unspecified atom stereocenters. The Morgan fingerprint density at radius 1 is 1.22 bits per heavy atom. The molecule has 5 rings (SSSR count). The third-order valence-corrected chi connectivity index (χ3v) is 6.48. The van der Waals surface area contributed by atoms with Crippen LogP contribution >= 0.6 is 11.3 Å². The van der Waals surface area contributed by atoms with Crippen molar-refractivity contribution in [3.05, 3.63) is 16.1 Å². The summed E-state index contributed by atoms with van der Waals surface area (Å²) in [5.74, 6) is 1.81. The predicted molar refractivity (Wildman–Crippen MR) is 68.9 cm³/mol. The van der Waals surface area contributed by atoms with Crippen LogP contribution < -0.4 is 0 Å². The van der Waals surface area contributed by atoms with E-state index in [-0.39, 0.29) is 5.01 Å². The van der Waals surface area contributed by atoms with Crippen molar-refractivity contribution in [1.82, 2.24) is 4.98 Å². The van der Waals surface area contributed by atoms with Gasteiger partial charge >= 0.3 is 5.97 Å². The van der Waals surface area contributed by atoms with Gasteiger partial charge in [-0.05, 0) is 56.3 Å². The molecule has 0 aromatic carbocycles. The van der Waals surface area contributed by atoms with E-state index in [0.717, 1.165) is 17.8 Å². The normalized spacial score (nSPS) is 41.2. The summed E-state index contributed by atoms with van der Waals surface area (Å²) in [6.45, 7) is 0. The second kappa shape index (κ2) is 3.56. The quantitative estimate of drug-likeness (QED) is 0.890. The smallest absolute Gasteiger partial charge is 0.365 e. The van der Waals surface area contributed by atoms with Crippen LogP contribution in [0.3, 0.4) is 0 Å². The molecule has 1 N–H and O–H groups in total. The van der Waals surface area contributed by atoms with Crippen LogP contribution in [0.2, 0.25) is 0 Å². The number of rotatable bonds is 2.